The summed E-state index contributed by atoms with van der Waals surface area (Å²) in [5.41, 5.74) is 5.71. The number of ether oxygens (including phenoxy) is 2. The van der Waals surface area contributed by atoms with Crippen LogP contribution in [-0.2, 0) is 19.6 Å². The van der Waals surface area contributed by atoms with Gasteiger partial charge in [0.15, 0.2) is 11.5 Å². The van der Waals surface area contributed by atoms with E-state index in [9.17, 15) is 0 Å². The van der Waals surface area contributed by atoms with Crippen molar-refractivity contribution in [3.63, 3.8) is 0 Å². The second kappa shape index (κ2) is 10.4. The van der Waals surface area contributed by atoms with E-state index < -0.39 is 0 Å². The Morgan fingerprint density at radius 3 is 2.48 bits per heavy atom. The molecule has 0 saturated carbocycles. The number of aryl methyl sites for hydroxylation is 1. The van der Waals surface area contributed by atoms with Crippen molar-refractivity contribution in [1.29, 1.82) is 0 Å². The summed E-state index contributed by atoms with van der Waals surface area (Å²) in [7, 11) is 0. The Morgan fingerprint density at radius 2 is 1.76 bits per heavy atom. The van der Waals surface area contributed by atoms with E-state index in [0.29, 0.717) is 19.8 Å². The Morgan fingerprint density at radius 1 is 0.931 bits per heavy atom. The number of anilines is 1. The smallest absolute Gasteiger partial charge is 0.165 e. The molecule has 0 aliphatic carbocycles. The molecular weight excluding hydrogens is 358 g/mol. The molecule has 0 amide bonds. The zero-order valence-corrected chi connectivity index (χ0v) is 17.3. The molecular formula is C26H29NO2. The first-order chi connectivity index (χ1) is 14.2. The van der Waals surface area contributed by atoms with Crippen LogP contribution in [0.2, 0.25) is 0 Å². The van der Waals surface area contributed by atoms with Gasteiger partial charge in [-0.1, -0.05) is 48.5 Å². The number of hydrogen-bond donors (Lipinski definition) is 1. The topological polar surface area (TPSA) is 30.5 Å². The van der Waals surface area contributed by atoms with Crippen molar-refractivity contribution in [3.05, 3.63) is 102 Å². The van der Waals surface area contributed by atoms with Gasteiger partial charge in [0, 0.05) is 17.8 Å². The first-order valence-electron chi connectivity index (χ1n) is 10.1. The third-order valence-electron chi connectivity index (χ3n) is 4.60. The number of hydrogen-bond acceptors (Lipinski definition) is 3. The molecule has 1 N–H and O–H groups in total. The highest BCUT2D eigenvalue weighted by Gasteiger charge is 2.14. The molecule has 0 aromatic heterocycles. The lowest BCUT2D eigenvalue weighted by Crippen LogP contribution is -2.06. The lowest BCUT2D eigenvalue weighted by Gasteiger charge is -2.18. The van der Waals surface area contributed by atoms with E-state index in [1.807, 2.05) is 31.2 Å². The zero-order valence-electron chi connectivity index (χ0n) is 17.3. The second-order valence-corrected chi connectivity index (χ2v) is 7.01. The maximum Gasteiger partial charge on any atom is 0.165 e. The monoisotopic (exact) mass is 387 g/mol. The van der Waals surface area contributed by atoms with Crippen molar-refractivity contribution in [2.24, 2.45) is 0 Å². The molecule has 0 aliphatic heterocycles. The van der Waals surface area contributed by atoms with Gasteiger partial charge in [-0.3, -0.25) is 0 Å². The van der Waals surface area contributed by atoms with Crippen molar-refractivity contribution in [2.75, 3.05) is 11.9 Å². The fourth-order valence-corrected chi connectivity index (χ4v) is 3.25. The molecule has 0 fully saturated rings. The summed E-state index contributed by atoms with van der Waals surface area (Å²) in [4.78, 5) is 0. The van der Waals surface area contributed by atoms with E-state index in [4.69, 9.17) is 9.47 Å². The molecule has 0 heterocycles. The predicted octanol–water partition coefficient (Wildman–Crippen LogP) is 6.31. The van der Waals surface area contributed by atoms with E-state index in [-0.39, 0.29) is 0 Å². The first kappa shape index (κ1) is 20.5. The van der Waals surface area contributed by atoms with Gasteiger partial charge < -0.3 is 14.8 Å². The number of nitrogens with one attached hydrogen (secondary N) is 1. The normalized spacial score (nSPS) is 10.4. The van der Waals surface area contributed by atoms with Gasteiger partial charge in [0.05, 0.1) is 6.61 Å². The van der Waals surface area contributed by atoms with Crippen LogP contribution in [0.4, 0.5) is 5.69 Å². The van der Waals surface area contributed by atoms with Crippen LogP contribution in [0.3, 0.4) is 0 Å². The SMILES string of the molecule is C=CCc1cc(CNc2cccc(C)c2)cc(OCC)c1OCc1ccccc1. The Hall–Kier alpha value is -3.20. The Labute approximate surface area is 174 Å². The Kier molecular flexibility index (Phi) is 7.34. The first-order valence-corrected chi connectivity index (χ1v) is 10.1. The van der Waals surface area contributed by atoms with Crippen molar-refractivity contribution in [3.8, 4) is 11.5 Å². The molecule has 3 heteroatoms. The fraction of sp³-hybridized carbons (Fsp3) is 0.231. The summed E-state index contributed by atoms with van der Waals surface area (Å²) in [5, 5.41) is 3.50. The summed E-state index contributed by atoms with van der Waals surface area (Å²) in [6.07, 6.45) is 2.63. The summed E-state index contributed by atoms with van der Waals surface area (Å²) in [5.74, 6) is 1.58. The quantitative estimate of drug-likeness (QED) is 0.413. The van der Waals surface area contributed by atoms with E-state index in [1.165, 1.54) is 5.56 Å². The molecule has 3 nitrogen and oxygen atoms in total. The summed E-state index contributed by atoms with van der Waals surface area (Å²) in [6, 6.07) is 22.8. The molecule has 0 saturated heterocycles. The predicted molar refractivity (Wildman–Crippen MR) is 121 cm³/mol. The van der Waals surface area contributed by atoms with E-state index in [0.717, 1.165) is 40.3 Å². The van der Waals surface area contributed by atoms with Gasteiger partial charge in [-0.15, -0.1) is 6.58 Å². The van der Waals surface area contributed by atoms with E-state index >= 15 is 0 Å². The molecule has 0 spiro atoms. The highest BCUT2D eigenvalue weighted by atomic mass is 16.5. The second-order valence-electron chi connectivity index (χ2n) is 7.01. The standard InChI is InChI=1S/C26H29NO2/c1-4-10-23-16-22(18-27-24-14-9-11-20(3)15-24)17-25(28-5-2)26(23)29-19-21-12-7-6-8-13-21/h4,6-9,11-17,27H,1,5,10,18-19H2,2-3H3. The zero-order chi connectivity index (χ0) is 20.5. The maximum atomic E-state index is 6.20. The minimum atomic E-state index is 0.506. The molecule has 0 aliphatic rings. The molecule has 3 rings (SSSR count). The number of benzene rings is 3. The molecule has 29 heavy (non-hydrogen) atoms. The van der Waals surface area contributed by atoms with Crippen molar-refractivity contribution < 1.29 is 9.47 Å². The van der Waals surface area contributed by atoms with Gasteiger partial charge in [0.2, 0.25) is 0 Å². The maximum absolute atomic E-state index is 6.20. The summed E-state index contributed by atoms with van der Waals surface area (Å²) in [6.45, 7) is 9.81. The Bertz CT molecular complexity index is 935. The molecule has 0 unspecified atom stereocenters. The minimum absolute atomic E-state index is 0.506. The molecule has 0 atom stereocenters. The van der Waals surface area contributed by atoms with Crippen LogP contribution in [0.25, 0.3) is 0 Å². The van der Waals surface area contributed by atoms with Crippen LogP contribution in [0.1, 0.15) is 29.2 Å². The largest absolute Gasteiger partial charge is 0.490 e. The lowest BCUT2D eigenvalue weighted by molar-refractivity contribution is 0.267. The van der Waals surface area contributed by atoms with Crippen molar-refractivity contribution in [2.45, 2.75) is 33.4 Å². The average molecular weight is 388 g/mol. The molecule has 3 aromatic carbocycles. The third-order valence-corrected chi connectivity index (χ3v) is 4.60. The molecule has 0 bridgehead atoms. The summed E-state index contributed by atoms with van der Waals surface area (Å²) < 4.78 is 12.1. The van der Waals surface area contributed by atoms with Crippen molar-refractivity contribution >= 4 is 5.69 Å². The average Bonchev–Trinajstić information content (AvgIpc) is 2.73. The molecule has 0 radical (unpaired) electrons. The highest BCUT2D eigenvalue weighted by molar-refractivity contribution is 5.52. The highest BCUT2D eigenvalue weighted by Crippen LogP contribution is 2.35. The molecule has 3 aromatic rings. The fourth-order valence-electron chi connectivity index (χ4n) is 3.25. The van der Waals surface area contributed by atoms with Crippen molar-refractivity contribution in [1.82, 2.24) is 0 Å². The van der Waals surface area contributed by atoms with Gasteiger partial charge >= 0.3 is 0 Å². The lowest BCUT2D eigenvalue weighted by atomic mass is 10.0. The van der Waals surface area contributed by atoms with Gasteiger partial charge in [0.1, 0.15) is 6.61 Å². The van der Waals surface area contributed by atoms with Gasteiger partial charge in [-0.25, -0.2) is 0 Å². The number of allylic oxidation sites excluding steroid dienone is 1. The van der Waals surface area contributed by atoms with Gasteiger partial charge in [-0.2, -0.15) is 0 Å². The minimum Gasteiger partial charge on any atom is -0.490 e. The number of rotatable bonds is 10. The third kappa shape index (κ3) is 5.89. The van der Waals surface area contributed by atoms with Crippen LogP contribution in [0.15, 0.2) is 79.4 Å². The van der Waals surface area contributed by atoms with Crippen LogP contribution < -0.4 is 14.8 Å². The Balaban J connectivity index is 1.83. The van der Waals surface area contributed by atoms with E-state index in [2.05, 4.69) is 67.4 Å². The van der Waals surface area contributed by atoms with Crippen LogP contribution in [-0.4, -0.2) is 6.61 Å². The van der Waals surface area contributed by atoms with Crippen LogP contribution >= 0.6 is 0 Å². The van der Waals surface area contributed by atoms with Gasteiger partial charge in [0.25, 0.3) is 0 Å². The van der Waals surface area contributed by atoms with Crippen LogP contribution in [0, 0.1) is 6.92 Å². The van der Waals surface area contributed by atoms with Gasteiger partial charge in [-0.05, 0) is 61.2 Å². The van der Waals surface area contributed by atoms with Crippen LogP contribution in [0.5, 0.6) is 11.5 Å². The molecule has 150 valence electrons. The van der Waals surface area contributed by atoms with E-state index in [1.54, 1.807) is 0 Å². The summed E-state index contributed by atoms with van der Waals surface area (Å²) >= 11 is 0.